The number of aromatic nitrogens is 2. The van der Waals surface area contributed by atoms with E-state index < -0.39 is 0 Å². The second-order valence-electron chi connectivity index (χ2n) is 5.56. The highest BCUT2D eigenvalue weighted by molar-refractivity contribution is 5.99. The lowest BCUT2D eigenvalue weighted by atomic mass is 10.0. The van der Waals surface area contributed by atoms with Crippen molar-refractivity contribution < 1.29 is 4.79 Å². The number of carbonyl (C=O) groups is 1. The van der Waals surface area contributed by atoms with Crippen LogP contribution in [0.4, 0.5) is 0 Å². The Kier molecular flexibility index (Phi) is 4.62. The summed E-state index contributed by atoms with van der Waals surface area (Å²) < 4.78 is 1.67. The summed E-state index contributed by atoms with van der Waals surface area (Å²) in [5.74, 6) is -0.0866. The average Bonchev–Trinajstić information content (AvgIpc) is 2.91. The fraction of sp³-hybridized carbons (Fsp3) is 0.353. The maximum Gasteiger partial charge on any atom is 0.257 e. The van der Waals surface area contributed by atoms with Crippen LogP contribution in [0.1, 0.15) is 27.9 Å². The Labute approximate surface area is 130 Å². The summed E-state index contributed by atoms with van der Waals surface area (Å²) in [6.45, 7) is 4.57. The van der Waals surface area contributed by atoms with E-state index in [-0.39, 0.29) is 5.91 Å². The molecule has 1 amide bonds. The molecule has 0 fully saturated rings. The highest BCUT2D eigenvalue weighted by atomic mass is 16.2. The van der Waals surface area contributed by atoms with Crippen LogP contribution in [0.5, 0.6) is 0 Å². The van der Waals surface area contributed by atoms with Gasteiger partial charge in [-0.1, -0.05) is 12.1 Å². The average molecular weight is 296 g/mol. The van der Waals surface area contributed by atoms with Crippen molar-refractivity contribution in [1.29, 1.82) is 5.26 Å². The maximum atomic E-state index is 12.4. The number of nitriles is 1. The first-order valence-electron chi connectivity index (χ1n) is 7.17. The molecule has 0 aliphatic carbocycles. The Morgan fingerprint density at radius 3 is 2.64 bits per heavy atom. The number of amides is 1. The van der Waals surface area contributed by atoms with Crippen LogP contribution in [-0.4, -0.2) is 34.7 Å². The molecular weight excluding hydrogens is 276 g/mol. The number of hydrogen-bond donors (Lipinski definition) is 0. The molecule has 0 aliphatic heterocycles. The molecule has 1 aromatic heterocycles. The van der Waals surface area contributed by atoms with E-state index in [1.54, 1.807) is 25.0 Å². The first-order chi connectivity index (χ1) is 10.4. The predicted molar refractivity (Wildman–Crippen MR) is 85.4 cm³/mol. The van der Waals surface area contributed by atoms with Gasteiger partial charge in [0.1, 0.15) is 5.69 Å². The van der Waals surface area contributed by atoms with E-state index in [1.165, 1.54) is 10.5 Å². The van der Waals surface area contributed by atoms with Crippen LogP contribution < -0.4 is 0 Å². The van der Waals surface area contributed by atoms with Gasteiger partial charge in [0.15, 0.2) is 0 Å². The minimum atomic E-state index is -0.0866. The third-order valence-corrected chi connectivity index (χ3v) is 3.63. The zero-order valence-electron chi connectivity index (χ0n) is 13.4. The second kappa shape index (κ2) is 6.44. The molecule has 22 heavy (non-hydrogen) atoms. The van der Waals surface area contributed by atoms with Gasteiger partial charge in [-0.15, -0.1) is 0 Å². The number of nitrogens with zero attached hydrogens (tertiary/aromatic N) is 4. The van der Waals surface area contributed by atoms with Crippen LogP contribution in [0.2, 0.25) is 0 Å². The van der Waals surface area contributed by atoms with Crippen molar-refractivity contribution in [2.24, 2.45) is 0 Å². The molecule has 0 spiro atoms. The Hall–Kier alpha value is -2.61. The maximum absolute atomic E-state index is 12.4. The summed E-state index contributed by atoms with van der Waals surface area (Å²) in [7, 11) is 3.44. The molecule has 5 heteroatoms. The van der Waals surface area contributed by atoms with Crippen LogP contribution in [-0.2, 0) is 6.54 Å². The van der Waals surface area contributed by atoms with Crippen molar-refractivity contribution >= 4 is 5.91 Å². The molecule has 1 aromatic carbocycles. The summed E-state index contributed by atoms with van der Waals surface area (Å²) >= 11 is 0. The summed E-state index contributed by atoms with van der Waals surface area (Å²) in [6, 6.07) is 8.15. The molecule has 0 bridgehead atoms. The Morgan fingerprint density at radius 2 is 2.05 bits per heavy atom. The van der Waals surface area contributed by atoms with E-state index in [9.17, 15) is 4.79 Å². The fourth-order valence-electron chi connectivity index (χ4n) is 2.20. The topological polar surface area (TPSA) is 61.9 Å². The highest BCUT2D eigenvalue weighted by Gasteiger charge is 2.19. The van der Waals surface area contributed by atoms with Gasteiger partial charge in [-0.25, -0.2) is 0 Å². The van der Waals surface area contributed by atoms with Crippen LogP contribution in [0.15, 0.2) is 24.4 Å². The van der Waals surface area contributed by atoms with Crippen LogP contribution in [0, 0.1) is 25.2 Å². The molecule has 0 saturated carbocycles. The van der Waals surface area contributed by atoms with Gasteiger partial charge in [-0.2, -0.15) is 10.4 Å². The molecule has 0 atom stereocenters. The smallest absolute Gasteiger partial charge is 0.257 e. The van der Waals surface area contributed by atoms with Gasteiger partial charge in [0, 0.05) is 25.9 Å². The SMILES string of the molecule is Cc1ccc(-c2nn(CCC#N)cc2C(=O)N(C)C)cc1C. The van der Waals surface area contributed by atoms with Crippen molar-refractivity contribution in [3.8, 4) is 17.3 Å². The third kappa shape index (κ3) is 3.17. The minimum absolute atomic E-state index is 0.0866. The lowest BCUT2D eigenvalue weighted by Gasteiger charge is -2.10. The number of hydrogen-bond acceptors (Lipinski definition) is 3. The highest BCUT2D eigenvalue weighted by Crippen LogP contribution is 2.25. The molecule has 0 saturated heterocycles. The second-order valence-corrected chi connectivity index (χ2v) is 5.56. The van der Waals surface area contributed by atoms with Gasteiger partial charge in [0.05, 0.1) is 24.6 Å². The normalized spacial score (nSPS) is 10.3. The van der Waals surface area contributed by atoms with E-state index in [0.717, 1.165) is 11.1 Å². The Morgan fingerprint density at radius 1 is 1.32 bits per heavy atom. The molecule has 1 heterocycles. The Bertz CT molecular complexity index is 738. The van der Waals surface area contributed by atoms with Crippen molar-refractivity contribution in [2.45, 2.75) is 26.8 Å². The van der Waals surface area contributed by atoms with Gasteiger partial charge < -0.3 is 4.90 Å². The van der Waals surface area contributed by atoms with E-state index >= 15 is 0 Å². The van der Waals surface area contributed by atoms with E-state index in [1.807, 2.05) is 25.1 Å². The monoisotopic (exact) mass is 296 g/mol. The quantitative estimate of drug-likeness (QED) is 0.871. The molecular formula is C17H20N4O. The molecule has 0 unspecified atom stereocenters. The van der Waals surface area contributed by atoms with Gasteiger partial charge in [0.2, 0.25) is 0 Å². The number of benzene rings is 1. The summed E-state index contributed by atoms with van der Waals surface area (Å²) in [4.78, 5) is 13.9. The zero-order valence-corrected chi connectivity index (χ0v) is 13.4. The first kappa shape index (κ1) is 15.8. The van der Waals surface area contributed by atoms with Crippen molar-refractivity contribution in [1.82, 2.24) is 14.7 Å². The van der Waals surface area contributed by atoms with Crippen molar-refractivity contribution in [3.63, 3.8) is 0 Å². The molecule has 5 nitrogen and oxygen atoms in total. The van der Waals surface area contributed by atoms with Crippen LogP contribution >= 0.6 is 0 Å². The third-order valence-electron chi connectivity index (χ3n) is 3.63. The van der Waals surface area contributed by atoms with Crippen LogP contribution in [0.25, 0.3) is 11.3 Å². The molecule has 2 rings (SSSR count). The molecule has 2 aromatic rings. The van der Waals surface area contributed by atoms with Gasteiger partial charge >= 0.3 is 0 Å². The zero-order chi connectivity index (χ0) is 16.3. The summed E-state index contributed by atoms with van der Waals surface area (Å²) in [5.41, 5.74) is 4.51. The van der Waals surface area contributed by atoms with E-state index in [2.05, 4.69) is 18.1 Å². The van der Waals surface area contributed by atoms with Crippen molar-refractivity contribution in [3.05, 3.63) is 41.1 Å². The van der Waals surface area contributed by atoms with Gasteiger partial charge in [-0.3, -0.25) is 9.48 Å². The number of rotatable bonds is 4. The lowest BCUT2D eigenvalue weighted by Crippen LogP contribution is -2.21. The summed E-state index contributed by atoms with van der Waals surface area (Å²) in [5, 5.41) is 13.2. The van der Waals surface area contributed by atoms with Crippen LogP contribution in [0.3, 0.4) is 0 Å². The molecule has 0 radical (unpaired) electrons. The lowest BCUT2D eigenvalue weighted by molar-refractivity contribution is 0.0828. The molecule has 114 valence electrons. The van der Waals surface area contributed by atoms with E-state index in [0.29, 0.717) is 24.2 Å². The minimum Gasteiger partial charge on any atom is -0.345 e. The van der Waals surface area contributed by atoms with Crippen molar-refractivity contribution in [2.75, 3.05) is 14.1 Å². The molecule has 0 aliphatic rings. The predicted octanol–water partition coefficient (Wildman–Crippen LogP) is 2.78. The Balaban J connectivity index is 2.52. The van der Waals surface area contributed by atoms with Gasteiger partial charge in [-0.05, 0) is 31.0 Å². The van der Waals surface area contributed by atoms with Gasteiger partial charge in [0.25, 0.3) is 5.91 Å². The van der Waals surface area contributed by atoms with E-state index in [4.69, 9.17) is 5.26 Å². The number of carbonyl (C=O) groups excluding carboxylic acids is 1. The fourth-order valence-corrected chi connectivity index (χ4v) is 2.20. The number of aryl methyl sites for hydroxylation is 3. The summed E-state index contributed by atoms with van der Waals surface area (Å²) in [6.07, 6.45) is 2.09. The molecule has 0 N–H and O–H groups in total. The standard InChI is InChI=1S/C17H20N4O/c1-12-6-7-14(10-13(12)2)16-15(17(22)20(3)4)11-21(19-16)9-5-8-18/h6-7,10-11H,5,9H2,1-4H3. The first-order valence-corrected chi connectivity index (χ1v) is 7.17. The largest absolute Gasteiger partial charge is 0.345 e.